The highest BCUT2D eigenvalue weighted by atomic mass is 16.5. The lowest BCUT2D eigenvalue weighted by atomic mass is 10.1. The normalized spacial score (nSPS) is 10.5. The van der Waals surface area contributed by atoms with Crippen LogP contribution < -0.4 is 28.4 Å². The maximum absolute atomic E-state index is 10.3. The first-order chi connectivity index (χ1) is 61.1. The number of methoxy groups -OCH3 is 6. The standard InChI is InChI=1S/C11H12O4.2C10H10O5.6C10H10O4/c1-15-10-4-2-8(3-5-11(13)14)9(6-10)7-12;1-15-10-7(11)4-2-6(9(10)14)3-5-8(12)13;11-5-7-6(2-4-9(13)14)1-3-8(12)10(7)15;1-14-8-4-2-7(9(11)6-8)3-5-10(12)13;1-14-9-4-2-7(6-8(9)11)3-5-10(12)13;1-14-9-6-7(2-4-8(9)11)3-5-10(12)13;1-14-8-4-2-3-7(10(8)13)5-6-9(11)12;11-6-8-5-9(12)3-1-7(8)2-4-10(13)14;11-6-8-7(4-5-10(13)14)2-1-3-9(8)12/h2-6,12H,7H2,1H3,(H,13,14);2-5,11,14H,1H3,(H,12,13);1-4,11-12,15H,5H2,(H,13,14);3*2-6,11H,1H3,(H,12,13);2-6,13H,1H3,(H,11,12);2*1-5,11-12H,6H2,(H,13,14)/b2*5-3+;4-2+;3*5-3+;6-5+;4-2+;5-4+. The highest BCUT2D eigenvalue weighted by Crippen LogP contribution is 2.39. The first-order valence-electron chi connectivity index (χ1n) is 36.1. The lowest BCUT2D eigenvalue weighted by Crippen LogP contribution is -1.92. The molecule has 0 atom stereocenters. The predicted molar refractivity (Wildman–Crippen MR) is 468 cm³/mol. The van der Waals surface area contributed by atoms with Crippen molar-refractivity contribution in [1.29, 1.82) is 0 Å². The highest BCUT2D eigenvalue weighted by Gasteiger charge is 2.14. The molecule has 0 aliphatic heterocycles. The topological polar surface area (TPSA) is 674 Å². The lowest BCUT2D eigenvalue weighted by Gasteiger charge is -2.07. The zero-order valence-corrected chi connectivity index (χ0v) is 69.1. The third-order valence-corrected chi connectivity index (χ3v) is 15.5. The van der Waals surface area contributed by atoms with Crippen molar-refractivity contribution in [2.45, 2.75) is 26.4 Å². The van der Waals surface area contributed by atoms with Gasteiger partial charge in [-0.05, 0) is 190 Å². The third-order valence-electron chi connectivity index (χ3n) is 15.5. The number of para-hydroxylation sites is 1. The SMILES string of the molecule is COc1c(O)ccc(/C=C/C(=O)O)c1O.COc1cc(/C=C/C(=O)O)ccc1O.COc1ccc(/C=C/C(=O)O)c(CO)c1.COc1ccc(/C=C/C(=O)O)c(O)c1.COc1ccc(/C=C/C(=O)O)cc1O.COc1cccc(/C=C/C(=O)O)c1O.O=C(O)/C=C/c1ccc(O)c(O)c1CO.O=C(O)/C=C/c1ccc(O)cc1CO.O=C(O)/C=C/c1cccc(O)c1CO. The molecule has 684 valence electrons. The average molecular weight is 1790 g/mol. The van der Waals surface area contributed by atoms with Gasteiger partial charge in [-0.3, -0.25) is 0 Å². The van der Waals surface area contributed by atoms with Crippen molar-refractivity contribution in [1.82, 2.24) is 0 Å². The molecule has 0 saturated heterocycles. The number of aliphatic hydroxyl groups excluding tert-OH is 4. The molecule has 0 bridgehead atoms. The zero-order chi connectivity index (χ0) is 97.4. The fourth-order valence-electron chi connectivity index (χ4n) is 9.40. The van der Waals surface area contributed by atoms with E-state index in [1.807, 2.05) is 0 Å². The minimum Gasteiger partial charge on any atom is -0.508 e. The molecule has 9 aromatic carbocycles. The van der Waals surface area contributed by atoms with E-state index in [0.717, 1.165) is 54.7 Å². The van der Waals surface area contributed by atoms with Crippen LogP contribution in [-0.2, 0) is 69.6 Å². The van der Waals surface area contributed by atoms with E-state index >= 15 is 0 Å². The molecule has 0 aliphatic rings. The number of ether oxygens (including phenoxy) is 6. The van der Waals surface area contributed by atoms with Crippen LogP contribution in [0.2, 0.25) is 0 Å². The van der Waals surface area contributed by atoms with Gasteiger partial charge in [-0.2, -0.15) is 0 Å². The molecule has 23 N–H and O–H groups in total. The fraction of sp³-hybridized carbons (Fsp3) is 0.110. The van der Waals surface area contributed by atoms with E-state index in [2.05, 4.69) is 0 Å². The molecular formula is C91H92O38. The summed E-state index contributed by atoms with van der Waals surface area (Å²) >= 11 is 0. The van der Waals surface area contributed by atoms with Crippen molar-refractivity contribution in [3.8, 4) is 92.0 Å². The summed E-state index contributed by atoms with van der Waals surface area (Å²) < 4.78 is 29.2. The second kappa shape index (κ2) is 59.3. The number of aliphatic carboxylic acids is 9. The number of aliphatic hydroxyl groups is 4. The van der Waals surface area contributed by atoms with Crippen LogP contribution in [0.15, 0.2) is 206 Å². The van der Waals surface area contributed by atoms with Crippen LogP contribution >= 0.6 is 0 Å². The number of carboxylic acids is 9. The summed E-state index contributed by atoms with van der Waals surface area (Å²) in [6.45, 7) is -1.21. The molecule has 0 aromatic heterocycles. The Morgan fingerprint density at radius 2 is 0.612 bits per heavy atom. The van der Waals surface area contributed by atoms with E-state index in [1.165, 1.54) is 158 Å². The van der Waals surface area contributed by atoms with Crippen molar-refractivity contribution in [3.63, 3.8) is 0 Å². The molecule has 0 radical (unpaired) electrons. The van der Waals surface area contributed by atoms with Gasteiger partial charge >= 0.3 is 53.7 Å². The van der Waals surface area contributed by atoms with Gasteiger partial charge in [-0.25, -0.2) is 43.2 Å². The average Bonchev–Trinajstić information content (AvgIpc) is 0.813. The molecule has 129 heavy (non-hydrogen) atoms. The quantitative estimate of drug-likeness (QED) is 0.0160. The maximum atomic E-state index is 10.3. The van der Waals surface area contributed by atoms with E-state index in [1.54, 1.807) is 91.0 Å². The zero-order valence-electron chi connectivity index (χ0n) is 69.1. The van der Waals surface area contributed by atoms with Gasteiger partial charge < -0.3 is 146 Å². The highest BCUT2D eigenvalue weighted by molar-refractivity contribution is 5.91. The van der Waals surface area contributed by atoms with Crippen LogP contribution in [0.4, 0.5) is 0 Å². The Bertz CT molecular complexity index is 5550. The Labute approximate surface area is 734 Å². The van der Waals surface area contributed by atoms with E-state index in [9.17, 15) is 84.0 Å². The van der Waals surface area contributed by atoms with Crippen molar-refractivity contribution < 1.29 is 189 Å². The summed E-state index contributed by atoms with van der Waals surface area (Å²) in [5, 5.41) is 205. The molecule has 38 heteroatoms. The smallest absolute Gasteiger partial charge is 0.328 e. The van der Waals surface area contributed by atoms with Crippen molar-refractivity contribution in [2.24, 2.45) is 0 Å². The van der Waals surface area contributed by atoms with Gasteiger partial charge in [-0.15, -0.1) is 0 Å². The van der Waals surface area contributed by atoms with Gasteiger partial charge in [-0.1, -0.05) is 54.6 Å². The number of phenolic OH excluding ortho intramolecular Hbond substituents is 8. The van der Waals surface area contributed by atoms with E-state index in [-0.39, 0.29) is 88.4 Å². The Hall–Kier alpha value is -17.5. The van der Waals surface area contributed by atoms with Crippen LogP contribution in [0.3, 0.4) is 0 Å². The molecule has 0 saturated carbocycles. The Balaban J connectivity index is 0.000000726. The van der Waals surface area contributed by atoms with Gasteiger partial charge in [0.15, 0.2) is 57.5 Å². The molecule has 0 unspecified atom stereocenters. The fourth-order valence-corrected chi connectivity index (χ4v) is 9.40. The number of hydrogen-bond donors (Lipinski definition) is 23. The molecule has 0 fully saturated rings. The van der Waals surface area contributed by atoms with Gasteiger partial charge in [0.2, 0.25) is 5.75 Å². The van der Waals surface area contributed by atoms with E-state index in [0.29, 0.717) is 89.9 Å². The Morgan fingerprint density at radius 3 is 1.05 bits per heavy atom. The van der Waals surface area contributed by atoms with Crippen LogP contribution in [0, 0.1) is 0 Å². The molecule has 0 spiro atoms. The summed E-state index contributed by atoms with van der Waals surface area (Å²) in [5.74, 6) is -8.85. The second-order valence-electron chi connectivity index (χ2n) is 24.2. The molecular weight excluding hydrogens is 1700 g/mol. The molecule has 9 rings (SSSR count). The minimum absolute atomic E-state index is 0.0122. The van der Waals surface area contributed by atoms with Gasteiger partial charge in [0, 0.05) is 88.6 Å². The van der Waals surface area contributed by atoms with E-state index in [4.69, 9.17) is 105 Å². The first-order valence-corrected chi connectivity index (χ1v) is 36.1. The van der Waals surface area contributed by atoms with Crippen molar-refractivity contribution >= 4 is 108 Å². The van der Waals surface area contributed by atoms with Crippen LogP contribution in [0.1, 0.15) is 72.3 Å². The van der Waals surface area contributed by atoms with Gasteiger partial charge in [0.1, 0.15) is 28.7 Å². The summed E-state index contributed by atoms with van der Waals surface area (Å²) in [4.78, 5) is 92.2. The number of benzene rings is 9. The van der Waals surface area contributed by atoms with Gasteiger partial charge in [0.25, 0.3) is 0 Å². The number of hydrogen-bond acceptors (Lipinski definition) is 29. The van der Waals surface area contributed by atoms with E-state index < -0.39 is 66.1 Å². The van der Waals surface area contributed by atoms with Gasteiger partial charge in [0.05, 0.1) is 69.1 Å². The van der Waals surface area contributed by atoms with Crippen LogP contribution in [-0.4, -0.2) is 214 Å². The second-order valence-corrected chi connectivity index (χ2v) is 24.2. The Morgan fingerprint density at radius 1 is 0.248 bits per heavy atom. The molecule has 38 nitrogen and oxygen atoms in total. The third kappa shape index (κ3) is 42.7. The minimum atomic E-state index is -1.13. The van der Waals surface area contributed by atoms with Crippen molar-refractivity contribution in [3.05, 3.63) is 279 Å². The summed E-state index contributed by atoms with van der Waals surface area (Å²) in [7, 11) is 8.62. The first kappa shape index (κ1) is 110. The number of phenols is 10. The maximum Gasteiger partial charge on any atom is 0.328 e. The molecule has 0 aliphatic carbocycles. The molecule has 0 amide bonds. The summed E-state index contributed by atoms with van der Waals surface area (Å²) in [5.41, 5.74) is 5.98. The van der Waals surface area contributed by atoms with Crippen molar-refractivity contribution in [2.75, 3.05) is 42.7 Å². The lowest BCUT2D eigenvalue weighted by molar-refractivity contribution is -0.132. The number of aromatic hydroxyl groups is 10. The van der Waals surface area contributed by atoms with Crippen LogP contribution in [0.5, 0.6) is 92.0 Å². The number of rotatable bonds is 28. The number of carboxylic acid groups (broad SMARTS) is 9. The Kier molecular flexibility index (Phi) is 50.3. The largest absolute Gasteiger partial charge is 0.508 e. The molecule has 9 aromatic rings. The number of carbonyl (C=O) groups is 9. The molecule has 0 heterocycles. The van der Waals surface area contributed by atoms with Crippen LogP contribution in [0.25, 0.3) is 54.7 Å². The summed E-state index contributed by atoms with van der Waals surface area (Å²) in [6, 6.07) is 38.1. The summed E-state index contributed by atoms with van der Waals surface area (Å²) in [6.07, 6.45) is 20.7. The monoisotopic (exact) mass is 1790 g/mol. The predicted octanol–water partition coefficient (Wildman–Crippen LogP) is 11.1.